The third kappa shape index (κ3) is 2.32. The average Bonchev–Trinajstić information content (AvgIpc) is 2.59. The standard InChI is InChI=1S/C8H12N2OS/c9-5-1-3-7(10-11)8-4-2-6-12-8/h2,4,6,11H,1,3,5,9H2/p+1/b10-7-. The van der Waals surface area contributed by atoms with E-state index in [1.165, 1.54) is 0 Å². The van der Waals surface area contributed by atoms with E-state index in [0.717, 1.165) is 30.0 Å². The molecule has 0 unspecified atom stereocenters. The highest BCUT2D eigenvalue weighted by Crippen LogP contribution is 2.12. The van der Waals surface area contributed by atoms with E-state index in [-0.39, 0.29) is 0 Å². The highest BCUT2D eigenvalue weighted by atomic mass is 32.1. The molecule has 0 saturated heterocycles. The Morgan fingerprint density at radius 2 is 2.50 bits per heavy atom. The van der Waals surface area contributed by atoms with Crippen molar-refractivity contribution in [3.05, 3.63) is 22.4 Å². The van der Waals surface area contributed by atoms with Crippen LogP contribution in [0.15, 0.2) is 22.7 Å². The van der Waals surface area contributed by atoms with E-state index in [0.29, 0.717) is 0 Å². The second kappa shape index (κ2) is 4.90. The summed E-state index contributed by atoms with van der Waals surface area (Å²) in [6, 6.07) is 3.91. The van der Waals surface area contributed by atoms with E-state index in [4.69, 9.17) is 5.21 Å². The van der Waals surface area contributed by atoms with E-state index in [1.807, 2.05) is 17.5 Å². The lowest BCUT2D eigenvalue weighted by molar-refractivity contribution is -0.367. The van der Waals surface area contributed by atoms with E-state index >= 15 is 0 Å². The molecule has 3 nitrogen and oxygen atoms in total. The molecule has 0 amide bonds. The van der Waals surface area contributed by atoms with Gasteiger partial charge in [-0.25, -0.2) is 0 Å². The fourth-order valence-corrected chi connectivity index (χ4v) is 1.70. The maximum absolute atomic E-state index is 8.70. The number of nitrogens with zero attached hydrogens (tertiary/aromatic N) is 1. The molecule has 0 saturated carbocycles. The maximum atomic E-state index is 8.70. The minimum absolute atomic E-state index is 0.772. The third-order valence-corrected chi connectivity index (χ3v) is 2.51. The van der Waals surface area contributed by atoms with Crippen molar-refractivity contribution in [3.63, 3.8) is 0 Å². The van der Waals surface area contributed by atoms with Crippen LogP contribution in [0.1, 0.15) is 17.7 Å². The Hall–Kier alpha value is -0.870. The van der Waals surface area contributed by atoms with Crippen molar-refractivity contribution < 1.29 is 10.9 Å². The molecule has 66 valence electrons. The van der Waals surface area contributed by atoms with Gasteiger partial charge in [-0.2, -0.15) is 0 Å². The van der Waals surface area contributed by atoms with Crippen molar-refractivity contribution in [3.8, 4) is 0 Å². The van der Waals surface area contributed by atoms with Crippen LogP contribution in [0.25, 0.3) is 0 Å². The lowest BCUT2D eigenvalue weighted by Gasteiger charge is -1.97. The van der Waals surface area contributed by atoms with Gasteiger partial charge in [0.05, 0.1) is 17.1 Å². The van der Waals surface area contributed by atoms with Gasteiger partial charge in [0.2, 0.25) is 0 Å². The summed E-state index contributed by atoms with van der Waals surface area (Å²) in [5.74, 6) is 0. The number of oxime groups is 1. The van der Waals surface area contributed by atoms with Crippen molar-refractivity contribution in [1.29, 1.82) is 0 Å². The van der Waals surface area contributed by atoms with Crippen LogP contribution in [0, 0.1) is 0 Å². The predicted octanol–water partition coefficient (Wildman–Crippen LogP) is 0.948. The van der Waals surface area contributed by atoms with Crippen molar-refractivity contribution in [2.45, 2.75) is 12.8 Å². The van der Waals surface area contributed by atoms with Gasteiger partial charge >= 0.3 is 0 Å². The van der Waals surface area contributed by atoms with Crippen LogP contribution in [-0.2, 0) is 0 Å². The normalized spacial score (nSPS) is 11.9. The van der Waals surface area contributed by atoms with Crippen LogP contribution in [0.4, 0.5) is 0 Å². The van der Waals surface area contributed by atoms with Gasteiger partial charge in [0, 0.05) is 6.42 Å². The second-order valence-electron chi connectivity index (χ2n) is 2.48. The van der Waals surface area contributed by atoms with E-state index in [1.54, 1.807) is 11.3 Å². The molecule has 1 rings (SSSR count). The molecule has 0 aliphatic rings. The minimum atomic E-state index is 0.772. The summed E-state index contributed by atoms with van der Waals surface area (Å²) in [7, 11) is 0. The van der Waals surface area contributed by atoms with Crippen LogP contribution in [0.3, 0.4) is 0 Å². The van der Waals surface area contributed by atoms with Gasteiger partial charge in [-0.3, -0.25) is 0 Å². The molecule has 0 aliphatic carbocycles. The third-order valence-electron chi connectivity index (χ3n) is 1.59. The first-order valence-corrected chi connectivity index (χ1v) is 4.80. The van der Waals surface area contributed by atoms with Gasteiger partial charge in [-0.15, -0.1) is 11.3 Å². The topological polar surface area (TPSA) is 60.2 Å². The highest BCUT2D eigenvalue weighted by Gasteiger charge is 2.04. The number of rotatable bonds is 4. The summed E-state index contributed by atoms with van der Waals surface area (Å²) >= 11 is 1.59. The molecule has 4 N–H and O–H groups in total. The average molecular weight is 185 g/mol. The Labute approximate surface area is 75.5 Å². The zero-order valence-corrected chi connectivity index (χ0v) is 7.68. The highest BCUT2D eigenvalue weighted by molar-refractivity contribution is 7.12. The zero-order chi connectivity index (χ0) is 8.81. The summed E-state index contributed by atoms with van der Waals surface area (Å²) in [5, 5.41) is 13.9. The molecule has 1 aromatic rings. The number of thiophene rings is 1. The second-order valence-corrected chi connectivity index (χ2v) is 3.43. The molecule has 4 heteroatoms. The van der Waals surface area contributed by atoms with Crippen LogP contribution in [0.2, 0.25) is 0 Å². The Morgan fingerprint density at radius 1 is 1.67 bits per heavy atom. The van der Waals surface area contributed by atoms with E-state index in [2.05, 4.69) is 10.9 Å². The molecular weight excluding hydrogens is 172 g/mol. The largest absolute Gasteiger partial charge is 0.411 e. The monoisotopic (exact) mass is 185 g/mol. The number of quaternary nitrogens is 1. The molecule has 0 spiro atoms. The van der Waals surface area contributed by atoms with E-state index < -0.39 is 0 Å². The summed E-state index contributed by atoms with van der Waals surface area (Å²) in [5.41, 5.74) is 4.51. The molecular formula is C8H13N2OS+. The Morgan fingerprint density at radius 3 is 3.00 bits per heavy atom. The van der Waals surface area contributed by atoms with E-state index in [9.17, 15) is 0 Å². The first-order valence-electron chi connectivity index (χ1n) is 3.92. The van der Waals surface area contributed by atoms with Gasteiger partial charge < -0.3 is 10.9 Å². The minimum Gasteiger partial charge on any atom is -0.411 e. The fourth-order valence-electron chi connectivity index (χ4n) is 0.958. The van der Waals surface area contributed by atoms with Crippen LogP contribution >= 0.6 is 11.3 Å². The fraction of sp³-hybridized carbons (Fsp3) is 0.375. The summed E-state index contributed by atoms with van der Waals surface area (Å²) in [6.45, 7) is 0.879. The van der Waals surface area contributed by atoms with Crippen molar-refractivity contribution in [2.24, 2.45) is 5.16 Å². The lowest BCUT2D eigenvalue weighted by Crippen LogP contribution is -2.50. The quantitative estimate of drug-likeness (QED) is 0.409. The smallest absolute Gasteiger partial charge is 0.0969 e. The van der Waals surface area contributed by atoms with Crippen LogP contribution in [0.5, 0.6) is 0 Å². The van der Waals surface area contributed by atoms with Crippen LogP contribution < -0.4 is 5.73 Å². The zero-order valence-electron chi connectivity index (χ0n) is 6.86. The summed E-state index contributed by atoms with van der Waals surface area (Å²) in [6.07, 6.45) is 1.78. The van der Waals surface area contributed by atoms with Gasteiger partial charge in [0.1, 0.15) is 0 Å². The lowest BCUT2D eigenvalue weighted by atomic mass is 10.2. The number of hydrogen-bond acceptors (Lipinski definition) is 3. The molecule has 0 aliphatic heterocycles. The Bertz CT molecular complexity index is 244. The maximum Gasteiger partial charge on any atom is 0.0969 e. The first kappa shape index (κ1) is 9.22. The molecule has 1 aromatic heterocycles. The molecule has 0 aromatic carbocycles. The van der Waals surface area contributed by atoms with Crippen molar-refractivity contribution >= 4 is 17.0 Å². The van der Waals surface area contributed by atoms with Gasteiger partial charge in [0.25, 0.3) is 0 Å². The first-order chi connectivity index (χ1) is 5.88. The molecule has 0 bridgehead atoms. The Kier molecular flexibility index (Phi) is 3.76. The molecule has 1 heterocycles. The SMILES string of the molecule is [NH3+]CCC/C(=N/O)c1cccs1. The number of hydrogen-bond donors (Lipinski definition) is 2. The molecule has 0 atom stereocenters. The van der Waals surface area contributed by atoms with Gasteiger partial charge in [-0.1, -0.05) is 11.2 Å². The molecule has 0 radical (unpaired) electrons. The van der Waals surface area contributed by atoms with Gasteiger partial charge in [-0.05, 0) is 17.9 Å². The summed E-state index contributed by atoms with van der Waals surface area (Å²) < 4.78 is 0. The van der Waals surface area contributed by atoms with Gasteiger partial charge in [0.15, 0.2) is 0 Å². The predicted molar refractivity (Wildman–Crippen MR) is 49.6 cm³/mol. The molecule has 12 heavy (non-hydrogen) atoms. The Balaban J connectivity index is 2.59. The van der Waals surface area contributed by atoms with Crippen molar-refractivity contribution in [2.75, 3.05) is 6.54 Å². The summed E-state index contributed by atoms with van der Waals surface area (Å²) in [4.78, 5) is 1.05. The van der Waals surface area contributed by atoms with Crippen LogP contribution in [-0.4, -0.2) is 17.5 Å². The molecule has 0 fully saturated rings. The van der Waals surface area contributed by atoms with Crippen molar-refractivity contribution in [1.82, 2.24) is 0 Å².